The van der Waals surface area contributed by atoms with Crippen LogP contribution in [0.25, 0.3) is 0 Å². The molecule has 0 spiro atoms. The highest BCUT2D eigenvalue weighted by Crippen LogP contribution is 2.22. The lowest BCUT2D eigenvalue weighted by molar-refractivity contribution is 0.289. The van der Waals surface area contributed by atoms with Crippen LogP contribution in [0.3, 0.4) is 0 Å². The number of hydrogen-bond acceptors (Lipinski definition) is 3. The summed E-state index contributed by atoms with van der Waals surface area (Å²) in [6, 6.07) is 4.94. The minimum absolute atomic E-state index is 0.121. The van der Waals surface area contributed by atoms with Crippen LogP contribution in [0.15, 0.2) is 18.2 Å². The van der Waals surface area contributed by atoms with E-state index in [-0.39, 0.29) is 18.5 Å². The minimum atomic E-state index is -0.250. The maximum Gasteiger partial charge on any atom is 0.146 e. The first-order valence-electron chi connectivity index (χ1n) is 6.01. The predicted molar refractivity (Wildman–Crippen MR) is 68.6 cm³/mol. The van der Waals surface area contributed by atoms with Crippen molar-refractivity contribution < 1.29 is 9.50 Å². The Morgan fingerprint density at radius 1 is 1.47 bits per heavy atom. The van der Waals surface area contributed by atoms with Crippen molar-refractivity contribution in [1.82, 2.24) is 0 Å². The number of nitrogens with zero attached hydrogens (tertiary/aromatic N) is 1. The fraction of sp³-hybridized carbons (Fsp3) is 0.538. The molecule has 3 nitrogen and oxygen atoms in total. The van der Waals surface area contributed by atoms with Crippen LogP contribution in [0.2, 0.25) is 0 Å². The van der Waals surface area contributed by atoms with Crippen molar-refractivity contribution in [3.8, 4) is 0 Å². The molecule has 1 aromatic rings. The van der Waals surface area contributed by atoms with Crippen molar-refractivity contribution in [2.45, 2.75) is 26.3 Å². The number of benzene rings is 1. The Morgan fingerprint density at radius 3 is 2.65 bits per heavy atom. The summed E-state index contributed by atoms with van der Waals surface area (Å²) < 4.78 is 13.9. The van der Waals surface area contributed by atoms with Crippen LogP contribution in [0.1, 0.15) is 31.9 Å². The van der Waals surface area contributed by atoms with E-state index in [1.54, 1.807) is 6.07 Å². The molecule has 0 fully saturated rings. The van der Waals surface area contributed by atoms with Gasteiger partial charge in [0.2, 0.25) is 0 Å². The molecule has 17 heavy (non-hydrogen) atoms. The number of hydrogen-bond donors (Lipinski definition) is 2. The molecule has 0 heterocycles. The molecule has 0 aliphatic heterocycles. The Balaban J connectivity index is 2.88. The highest BCUT2D eigenvalue weighted by molar-refractivity contribution is 5.49. The molecule has 0 bridgehead atoms. The smallest absolute Gasteiger partial charge is 0.146 e. The number of nitrogens with two attached hydrogens (primary N) is 1. The fourth-order valence-corrected chi connectivity index (χ4v) is 1.77. The number of halogens is 1. The van der Waals surface area contributed by atoms with Crippen molar-refractivity contribution in [3.63, 3.8) is 0 Å². The van der Waals surface area contributed by atoms with Crippen LogP contribution in [0, 0.1) is 5.82 Å². The zero-order valence-corrected chi connectivity index (χ0v) is 10.5. The number of rotatable bonds is 6. The highest BCUT2D eigenvalue weighted by atomic mass is 19.1. The lowest BCUT2D eigenvalue weighted by Crippen LogP contribution is -2.25. The molecule has 96 valence electrons. The van der Waals surface area contributed by atoms with Crippen molar-refractivity contribution in [2.24, 2.45) is 5.73 Å². The first-order chi connectivity index (χ1) is 8.10. The molecule has 3 N–H and O–H groups in total. The molecule has 0 amide bonds. The van der Waals surface area contributed by atoms with E-state index in [4.69, 9.17) is 10.8 Å². The number of aliphatic hydroxyl groups is 1. The molecule has 1 rings (SSSR count). The monoisotopic (exact) mass is 240 g/mol. The molecular weight excluding hydrogens is 219 g/mol. The third kappa shape index (κ3) is 3.68. The van der Waals surface area contributed by atoms with E-state index in [2.05, 4.69) is 0 Å². The normalized spacial score (nSPS) is 12.5. The van der Waals surface area contributed by atoms with Gasteiger partial charge in [-0.15, -0.1) is 0 Å². The largest absolute Gasteiger partial charge is 0.396 e. The molecule has 1 atom stereocenters. The molecule has 0 aliphatic carbocycles. The third-order valence-electron chi connectivity index (χ3n) is 2.81. The molecule has 0 radical (unpaired) electrons. The highest BCUT2D eigenvalue weighted by Gasteiger charge is 2.11. The standard InChI is InChI=1S/C13H21FN2O/c1-3-16(7-4-8-17)13-6-5-11(10(2)15)9-12(13)14/h5-6,9-10,17H,3-4,7-8,15H2,1-2H3. The van der Waals surface area contributed by atoms with E-state index in [9.17, 15) is 4.39 Å². The van der Waals surface area contributed by atoms with E-state index in [1.165, 1.54) is 6.07 Å². The SMILES string of the molecule is CCN(CCCO)c1ccc(C(C)N)cc1F. The summed E-state index contributed by atoms with van der Waals surface area (Å²) in [5.41, 5.74) is 7.08. The van der Waals surface area contributed by atoms with Gasteiger partial charge in [0.05, 0.1) is 5.69 Å². The van der Waals surface area contributed by atoms with E-state index in [0.29, 0.717) is 25.2 Å². The van der Waals surface area contributed by atoms with Gasteiger partial charge in [0, 0.05) is 25.7 Å². The zero-order valence-electron chi connectivity index (χ0n) is 10.5. The van der Waals surface area contributed by atoms with Crippen LogP contribution in [-0.4, -0.2) is 24.8 Å². The Hall–Kier alpha value is -1.13. The zero-order chi connectivity index (χ0) is 12.8. The van der Waals surface area contributed by atoms with Crippen LogP contribution < -0.4 is 10.6 Å². The van der Waals surface area contributed by atoms with E-state index in [0.717, 1.165) is 5.56 Å². The van der Waals surface area contributed by atoms with E-state index < -0.39 is 0 Å². The molecule has 1 aromatic carbocycles. The summed E-state index contributed by atoms with van der Waals surface area (Å²) in [6.45, 7) is 5.29. The Bertz CT molecular complexity index is 355. The summed E-state index contributed by atoms with van der Waals surface area (Å²) in [7, 11) is 0. The summed E-state index contributed by atoms with van der Waals surface area (Å²) in [4.78, 5) is 1.91. The maximum atomic E-state index is 13.9. The fourth-order valence-electron chi connectivity index (χ4n) is 1.77. The minimum Gasteiger partial charge on any atom is -0.396 e. The first kappa shape index (κ1) is 13.9. The Kier molecular flexibility index (Phi) is 5.38. The number of aliphatic hydroxyl groups excluding tert-OH is 1. The third-order valence-corrected chi connectivity index (χ3v) is 2.81. The van der Waals surface area contributed by atoms with E-state index >= 15 is 0 Å². The molecule has 0 saturated carbocycles. The summed E-state index contributed by atoms with van der Waals surface area (Å²) >= 11 is 0. The van der Waals surface area contributed by atoms with Crippen molar-refractivity contribution in [2.75, 3.05) is 24.6 Å². The van der Waals surface area contributed by atoms with Gasteiger partial charge in [-0.2, -0.15) is 0 Å². The Labute approximate surface area is 102 Å². The maximum absolute atomic E-state index is 13.9. The van der Waals surface area contributed by atoms with Gasteiger partial charge < -0.3 is 15.7 Å². The number of anilines is 1. The van der Waals surface area contributed by atoms with Gasteiger partial charge >= 0.3 is 0 Å². The average Bonchev–Trinajstić information content (AvgIpc) is 2.31. The lowest BCUT2D eigenvalue weighted by Gasteiger charge is -2.23. The van der Waals surface area contributed by atoms with Gasteiger partial charge in [-0.05, 0) is 38.0 Å². The van der Waals surface area contributed by atoms with Gasteiger partial charge in [0.15, 0.2) is 0 Å². The van der Waals surface area contributed by atoms with Crippen LogP contribution in [0.5, 0.6) is 0 Å². The van der Waals surface area contributed by atoms with Gasteiger partial charge in [-0.1, -0.05) is 6.07 Å². The Morgan fingerprint density at radius 2 is 2.18 bits per heavy atom. The second-order valence-corrected chi connectivity index (χ2v) is 4.16. The van der Waals surface area contributed by atoms with Crippen molar-refractivity contribution in [1.29, 1.82) is 0 Å². The average molecular weight is 240 g/mol. The topological polar surface area (TPSA) is 49.5 Å². The van der Waals surface area contributed by atoms with Gasteiger partial charge in [-0.25, -0.2) is 4.39 Å². The van der Waals surface area contributed by atoms with Gasteiger partial charge in [-0.3, -0.25) is 0 Å². The summed E-state index contributed by atoms with van der Waals surface area (Å²) in [5.74, 6) is -0.250. The quantitative estimate of drug-likeness (QED) is 0.800. The molecule has 0 aliphatic rings. The first-order valence-corrected chi connectivity index (χ1v) is 6.01. The van der Waals surface area contributed by atoms with Crippen molar-refractivity contribution in [3.05, 3.63) is 29.6 Å². The van der Waals surface area contributed by atoms with Gasteiger partial charge in [0.25, 0.3) is 0 Å². The molecule has 0 aromatic heterocycles. The van der Waals surface area contributed by atoms with Crippen molar-refractivity contribution >= 4 is 5.69 Å². The second kappa shape index (κ2) is 6.57. The summed E-state index contributed by atoms with van der Waals surface area (Å²) in [6.07, 6.45) is 0.641. The molecule has 4 heteroatoms. The van der Waals surface area contributed by atoms with E-state index in [1.807, 2.05) is 24.8 Å². The molecule has 1 unspecified atom stereocenters. The van der Waals surface area contributed by atoms with Gasteiger partial charge in [0.1, 0.15) is 5.82 Å². The van der Waals surface area contributed by atoms with Crippen LogP contribution in [0.4, 0.5) is 10.1 Å². The van der Waals surface area contributed by atoms with Crippen LogP contribution >= 0.6 is 0 Å². The van der Waals surface area contributed by atoms with Crippen LogP contribution in [-0.2, 0) is 0 Å². The molecule has 0 saturated heterocycles. The predicted octanol–water partition coefficient (Wildman–Crippen LogP) is 2.05. The summed E-state index contributed by atoms with van der Waals surface area (Å²) in [5, 5.41) is 8.81. The molecular formula is C13H21FN2O. The second-order valence-electron chi connectivity index (χ2n) is 4.16. The lowest BCUT2D eigenvalue weighted by atomic mass is 10.1.